The molecule has 0 unspecified atom stereocenters. The molecule has 1 N–H and O–H groups in total. The Morgan fingerprint density at radius 3 is 2.40 bits per heavy atom. The summed E-state index contributed by atoms with van der Waals surface area (Å²) < 4.78 is 0. The maximum atomic E-state index is 10.6. The van der Waals surface area contributed by atoms with Crippen molar-refractivity contribution in [2.75, 3.05) is 0 Å². The maximum Gasteiger partial charge on any atom is 0.236 e. The average molecular weight is 204 g/mol. The number of nitrogens with one attached hydrogen (secondary N) is 1. The van der Waals surface area contributed by atoms with Crippen molar-refractivity contribution in [2.45, 2.75) is 26.7 Å². The molecule has 0 bridgehead atoms. The molecule has 0 aliphatic heterocycles. The molecule has 15 heavy (non-hydrogen) atoms. The first-order valence-corrected chi connectivity index (χ1v) is 4.99. The lowest BCUT2D eigenvalue weighted by Gasteiger charge is -2.04. The molecule has 1 amide bonds. The normalized spacial score (nSPS) is 10.9. The van der Waals surface area contributed by atoms with Gasteiger partial charge in [-0.3, -0.25) is 4.79 Å². The SMILES string of the molecule is CC(=O)N/N=C/c1ccc(C(C)C)cc1. The van der Waals surface area contributed by atoms with E-state index in [2.05, 4.69) is 36.5 Å². The minimum Gasteiger partial charge on any atom is -0.274 e. The summed E-state index contributed by atoms with van der Waals surface area (Å²) in [5.74, 6) is 0.372. The Morgan fingerprint density at radius 2 is 1.93 bits per heavy atom. The molecule has 3 heteroatoms. The van der Waals surface area contributed by atoms with Crippen molar-refractivity contribution in [3.8, 4) is 0 Å². The minimum absolute atomic E-state index is 0.162. The second-order valence-corrected chi connectivity index (χ2v) is 3.75. The molecule has 0 aromatic heterocycles. The van der Waals surface area contributed by atoms with Crippen molar-refractivity contribution in [1.82, 2.24) is 5.43 Å². The van der Waals surface area contributed by atoms with Gasteiger partial charge in [-0.2, -0.15) is 5.10 Å². The summed E-state index contributed by atoms with van der Waals surface area (Å²) in [6.07, 6.45) is 1.63. The van der Waals surface area contributed by atoms with Crippen molar-refractivity contribution in [2.24, 2.45) is 5.10 Å². The van der Waals surface area contributed by atoms with Crippen LogP contribution in [0.25, 0.3) is 0 Å². The molecule has 1 rings (SSSR count). The van der Waals surface area contributed by atoms with Gasteiger partial charge in [0, 0.05) is 6.92 Å². The summed E-state index contributed by atoms with van der Waals surface area (Å²) >= 11 is 0. The third kappa shape index (κ3) is 3.94. The van der Waals surface area contributed by atoms with Crippen molar-refractivity contribution >= 4 is 12.1 Å². The lowest BCUT2D eigenvalue weighted by molar-refractivity contribution is -0.118. The van der Waals surface area contributed by atoms with Crippen LogP contribution in [0, 0.1) is 0 Å². The largest absolute Gasteiger partial charge is 0.274 e. The van der Waals surface area contributed by atoms with Gasteiger partial charge < -0.3 is 0 Å². The van der Waals surface area contributed by atoms with Gasteiger partial charge in [0.2, 0.25) is 5.91 Å². The number of amides is 1. The summed E-state index contributed by atoms with van der Waals surface area (Å²) in [6, 6.07) is 8.11. The van der Waals surface area contributed by atoms with E-state index in [0.717, 1.165) is 5.56 Å². The molecule has 0 saturated carbocycles. The van der Waals surface area contributed by atoms with Crippen molar-refractivity contribution in [1.29, 1.82) is 0 Å². The molecule has 0 heterocycles. The molecule has 0 aliphatic rings. The van der Waals surface area contributed by atoms with Gasteiger partial charge in [-0.25, -0.2) is 5.43 Å². The minimum atomic E-state index is -0.162. The highest BCUT2D eigenvalue weighted by molar-refractivity contribution is 5.81. The number of carbonyl (C=O) groups excluding carboxylic acids is 1. The molecular formula is C12H16N2O. The lowest BCUT2D eigenvalue weighted by Crippen LogP contribution is -2.12. The third-order valence-electron chi connectivity index (χ3n) is 2.04. The van der Waals surface area contributed by atoms with Crippen LogP contribution in [-0.4, -0.2) is 12.1 Å². The van der Waals surface area contributed by atoms with Crippen LogP contribution in [0.15, 0.2) is 29.4 Å². The highest BCUT2D eigenvalue weighted by Gasteiger charge is 1.97. The van der Waals surface area contributed by atoms with Crippen molar-refractivity contribution in [3.05, 3.63) is 35.4 Å². The van der Waals surface area contributed by atoms with Gasteiger partial charge in [0.05, 0.1) is 6.21 Å². The second kappa shape index (κ2) is 5.29. The number of nitrogens with zero attached hydrogens (tertiary/aromatic N) is 1. The summed E-state index contributed by atoms with van der Waals surface area (Å²) in [5, 5.41) is 3.79. The highest BCUT2D eigenvalue weighted by Crippen LogP contribution is 2.13. The van der Waals surface area contributed by atoms with Crippen molar-refractivity contribution in [3.63, 3.8) is 0 Å². The zero-order valence-electron chi connectivity index (χ0n) is 9.32. The number of hydrogen-bond acceptors (Lipinski definition) is 2. The van der Waals surface area contributed by atoms with Gasteiger partial charge in [0.15, 0.2) is 0 Å². The second-order valence-electron chi connectivity index (χ2n) is 3.75. The number of carbonyl (C=O) groups is 1. The molecule has 80 valence electrons. The van der Waals surface area contributed by atoms with Gasteiger partial charge in [0.25, 0.3) is 0 Å². The molecule has 0 atom stereocenters. The van der Waals surface area contributed by atoms with Crippen LogP contribution in [0.2, 0.25) is 0 Å². The smallest absolute Gasteiger partial charge is 0.236 e. The van der Waals surface area contributed by atoms with E-state index in [0.29, 0.717) is 5.92 Å². The summed E-state index contributed by atoms with van der Waals surface area (Å²) in [5.41, 5.74) is 4.64. The zero-order chi connectivity index (χ0) is 11.3. The van der Waals surface area contributed by atoms with Crippen LogP contribution in [0.1, 0.15) is 37.8 Å². The van der Waals surface area contributed by atoms with Crippen LogP contribution in [0.5, 0.6) is 0 Å². The molecule has 0 fully saturated rings. The number of rotatable bonds is 3. The van der Waals surface area contributed by atoms with Crippen LogP contribution in [-0.2, 0) is 4.79 Å². The fourth-order valence-corrected chi connectivity index (χ4v) is 1.16. The van der Waals surface area contributed by atoms with Crippen LogP contribution >= 0.6 is 0 Å². The van der Waals surface area contributed by atoms with E-state index in [1.54, 1.807) is 6.21 Å². The number of hydrogen-bond donors (Lipinski definition) is 1. The monoisotopic (exact) mass is 204 g/mol. The molecule has 1 aromatic rings. The van der Waals surface area contributed by atoms with Gasteiger partial charge in [-0.15, -0.1) is 0 Å². The van der Waals surface area contributed by atoms with E-state index in [1.807, 2.05) is 12.1 Å². The Kier molecular flexibility index (Phi) is 4.03. The van der Waals surface area contributed by atoms with Gasteiger partial charge in [-0.05, 0) is 17.0 Å². The van der Waals surface area contributed by atoms with E-state index < -0.39 is 0 Å². The van der Waals surface area contributed by atoms with Crippen molar-refractivity contribution < 1.29 is 4.79 Å². The first-order chi connectivity index (χ1) is 7.09. The number of hydrazone groups is 1. The van der Waals surface area contributed by atoms with Crippen LogP contribution in [0.3, 0.4) is 0 Å². The molecular weight excluding hydrogens is 188 g/mol. The average Bonchev–Trinajstić information content (AvgIpc) is 2.18. The van der Waals surface area contributed by atoms with E-state index >= 15 is 0 Å². The van der Waals surface area contributed by atoms with E-state index in [4.69, 9.17) is 0 Å². The van der Waals surface area contributed by atoms with Gasteiger partial charge >= 0.3 is 0 Å². The Balaban J connectivity index is 2.64. The molecule has 0 spiro atoms. The van der Waals surface area contributed by atoms with Gasteiger partial charge in [-0.1, -0.05) is 38.1 Å². The Morgan fingerprint density at radius 1 is 1.33 bits per heavy atom. The third-order valence-corrected chi connectivity index (χ3v) is 2.04. The predicted molar refractivity (Wildman–Crippen MR) is 61.9 cm³/mol. The molecule has 0 aliphatic carbocycles. The highest BCUT2D eigenvalue weighted by atomic mass is 16.2. The summed E-state index contributed by atoms with van der Waals surface area (Å²) in [4.78, 5) is 10.6. The molecule has 1 aromatic carbocycles. The van der Waals surface area contributed by atoms with Crippen LogP contribution < -0.4 is 5.43 Å². The first kappa shape index (κ1) is 11.4. The topological polar surface area (TPSA) is 41.5 Å². The molecule has 0 saturated heterocycles. The fraction of sp³-hybridized carbons (Fsp3) is 0.333. The fourth-order valence-electron chi connectivity index (χ4n) is 1.16. The predicted octanol–water partition coefficient (Wildman–Crippen LogP) is 2.28. The van der Waals surface area contributed by atoms with E-state index in [9.17, 15) is 4.79 Å². The maximum absolute atomic E-state index is 10.6. The standard InChI is InChI=1S/C12H16N2O/c1-9(2)12-6-4-11(5-7-12)8-13-14-10(3)15/h4-9H,1-3H3,(H,14,15)/b13-8+. The zero-order valence-corrected chi connectivity index (χ0v) is 9.32. The quantitative estimate of drug-likeness (QED) is 0.595. The molecule has 0 radical (unpaired) electrons. The Bertz CT molecular complexity index is 352. The Hall–Kier alpha value is -1.64. The summed E-state index contributed by atoms with van der Waals surface area (Å²) in [6.45, 7) is 5.74. The molecule has 3 nitrogen and oxygen atoms in total. The Labute approximate surface area is 90.2 Å². The van der Waals surface area contributed by atoms with E-state index in [1.165, 1.54) is 12.5 Å². The van der Waals surface area contributed by atoms with Crippen LogP contribution in [0.4, 0.5) is 0 Å². The van der Waals surface area contributed by atoms with Gasteiger partial charge in [0.1, 0.15) is 0 Å². The number of benzene rings is 1. The first-order valence-electron chi connectivity index (χ1n) is 4.99. The lowest BCUT2D eigenvalue weighted by atomic mass is 10.0. The van der Waals surface area contributed by atoms with E-state index in [-0.39, 0.29) is 5.91 Å². The summed E-state index contributed by atoms with van der Waals surface area (Å²) in [7, 11) is 0.